The average molecular weight is 470 g/mol. The van der Waals surface area contributed by atoms with Crippen LogP contribution >= 0.6 is 0 Å². The maximum Gasteiger partial charge on any atom is 0.323 e. The molecule has 1 aromatic heterocycles. The van der Waals surface area contributed by atoms with Gasteiger partial charge in [0, 0.05) is 44.5 Å². The van der Waals surface area contributed by atoms with Crippen LogP contribution in [0.3, 0.4) is 0 Å². The lowest BCUT2D eigenvalue weighted by Gasteiger charge is -2.25. The first-order chi connectivity index (χ1) is 16.5. The SMILES string of the molecule is CC(O)CCN(C)C1CCN(c2ccc(NC(=O)Nc3ccc(OC4CCCC4)nc3)cc2)C1.[HH]. The third-order valence-electron chi connectivity index (χ3n) is 6.76. The van der Waals surface area contributed by atoms with Gasteiger partial charge < -0.3 is 30.3 Å². The van der Waals surface area contributed by atoms with Gasteiger partial charge in [-0.05, 0) is 82.8 Å². The molecule has 2 aromatic rings. The summed E-state index contributed by atoms with van der Waals surface area (Å²) in [5.74, 6) is 0.603. The zero-order valence-corrected chi connectivity index (χ0v) is 20.2. The quantitative estimate of drug-likeness (QED) is 0.498. The molecule has 0 bridgehead atoms. The van der Waals surface area contributed by atoms with Crippen molar-refractivity contribution in [2.45, 2.75) is 63.7 Å². The van der Waals surface area contributed by atoms with Crippen molar-refractivity contribution in [1.29, 1.82) is 0 Å². The maximum absolute atomic E-state index is 12.4. The molecule has 8 heteroatoms. The Labute approximate surface area is 203 Å². The molecular weight excluding hydrogens is 430 g/mol. The fourth-order valence-electron chi connectivity index (χ4n) is 4.66. The number of carbonyl (C=O) groups is 1. The molecule has 3 N–H and O–H groups in total. The highest BCUT2D eigenvalue weighted by molar-refractivity contribution is 5.99. The number of aliphatic hydroxyl groups excluding tert-OH is 1. The maximum atomic E-state index is 12.4. The minimum Gasteiger partial charge on any atom is -0.474 e. The van der Waals surface area contributed by atoms with Gasteiger partial charge in [0.1, 0.15) is 6.10 Å². The summed E-state index contributed by atoms with van der Waals surface area (Å²) in [6.45, 7) is 4.71. The Morgan fingerprint density at radius 1 is 1.18 bits per heavy atom. The number of anilines is 3. The molecule has 2 atom stereocenters. The van der Waals surface area contributed by atoms with Gasteiger partial charge in [-0.25, -0.2) is 9.78 Å². The van der Waals surface area contributed by atoms with Crippen LogP contribution in [0.25, 0.3) is 0 Å². The standard InChI is InChI=1S/C26H37N5O3.H2/c1-19(32)13-15-30(2)23-14-16-31(18-23)22-10-7-20(8-11-22)28-26(33)29-21-9-12-25(27-17-21)34-24-5-3-4-6-24;/h7-12,17,19,23-24,32H,3-6,13-16,18H2,1-2H3,(H2,28,29,33);1H. The third-order valence-corrected chi connectivity index (χ3v) is 6.76. The Balaban J connectivity index is 0.00000342. The topological polar surface area (TPSA) is 90.0 Å². The smallest absolute Gasteiger partial charge is 0.323 e. The third kappa shape index (κ3) is 6.84. The minimum absolute atomic E-state index is 0. The monoisotopic (exact) mass is 469 g/mol. The van der Waals surface area contributed by atoms with E-state index in [0.717, 1.165) is 56.7 Å². The van der Waals surface area contributed by atoms with Crippen molar-refractivity contribution in [3.8, 4) is 5.88 Å². The molecular formula is C26H39N5O3. The number of aliphatic hydroxyl groups is 1. The van der Waals surface area contributed by atoms with Gasteiger partial charge in [0.15, 0.2) is 0 Å². The van der Waals surface area contributed by atoms with Crippen LogP contribution in [0.1, 0.15) is 46.9 Å². The summed E-state index contributed by atoms with van der Waals surface area (Å²) in [6.07, 6.45) is 8.13. The van der Waals surface area contributed by atoms with Crippen molar-refractivity contribution in [2.75, 3.05) is 42.2 Å². The van der Waals surface area contributed by atoms with Crippen molar-refractivity contribution in [2.24, 2.45) is 0 Å². The second-order valence-electron chi connectivity index (χ2n) is 9.54. The van der Waals surface area contributed by atoms with E-state index in [0.29, 0.717) is 17.6 Å². The highest BCUT2D eigenvalue weighted by Gasteiger charge is 2.26. The molecule has 34 heavy (non-hydrogen) atoms. The van der Waals surface area contributed by atoms with E-state index in [1.54, 1.807) is 12.3 Å². The molecule has 2 unspecified atom stereocenters. The van der Waals surface area contributed by atoms with Crippen LogP contribution < -0.4 is 20.3 Å². The summed E-state index contributed by atoms with van der Waals surface area (Å²) in [4.78, 5) is 21.4. The summed E-state index contributed by atoms with van der Waals surface area (Å²) < 4.78 is 5.87. The van der Waals surface area contributed by atoms with Crippen molar-refractivity contribution in [1.82, 2.24) is 9.88 Å². The first-order valence-electron chi connectivity index (χ1n) is 12.4. The molecule has 2 aliphatic rings. The van der Waals surface area contributed by atoms with E-state index in [9.17, 15) is 9.90 Å². The predicted molar refractivity (Wildman–Crippen MR) is 138 cm³/mol. The number of aromatic nitrogens is 1. The number of nitrogens with one attached hydrogen (secondary N) is 2. The first kappa shape index (κ1) is 24.3. The Morgan fingerprint density at radius 2 is 1.88 bits per heavy atom. The van der Waals surface area contributed by atoms with Crippen LogP contribution in [-0.4, -0.2) is 66.0 Å². The molecule has 2 heterocycles. The largest absolute Gasteiger partial charge is 0.474 e. The number of likely N-dealkylation sites (N-methyl/N-ethyl adjacent to an activating group) is 1. The Hall–Kier alpha value is -2.84. The molecule has 1 saturated carbocycles. The number of pyridine rings is 1. The second-order valence-corrected chi connectivity index (χ2v) is 9.54. The molecule has 1 saturated heterocycles. The van der Waals surface area contributed by atoms with Crippen molar-refractivity contribution in [3.05, 3.63) is 42.6 Å². The highest BCUT2D eigenvalue weighted by Crippen LogP contribution is 2.25. The van der Waals surface area contributed by atoms with Crippen LogP contribution in [0.5, 0.6) is 5.88 Å². The molecule has 186 valence electrons. The molecule has 1 aromatic carbocycles. The van der Waals surface area contributed by atoms with Gasteiger partial charge in [-0.2, -0.15) is 0 Å². The van der Waals surface area contributed by atoms with Crippen LogP contribution in [0.4, 0.5) is 21.9 Å². The van der Waals surface area contributed by atoms with E-state index in [-0.39, 0.29) is 19.7 Å². The molecule has 1 aliphatic carbocycles. The van der Waals surface area contributed by atoms with Gasteiger partial charge in [-0.15, -0.1) is 0 Å². The molecule has 2 fully saturated rings. The summed E-state index contributed by atoms with van der Waals surface area (Å²) in [6, 6.07) is 11.7. The number of carbonyl (C=O) groups excluding carboxylic acids is 1. The van der Waals surface area contributed by atoms with Gasteiger partial charge >= 0.3 is 6.03 Å². The van der Waals surface area contributed by atoms with E-state index >= 15 is 0 Å². The van der Waals surface area contributed by atoms with Crippen LogP contribution in [0.2, 0.25) is 0 Å². The molecule has 0 radical (unpaired) electrons. The number of hydrogen-bond donors (Lipinski definition) is 3. The normalized spacial score (nSPS) is 19.4. The number of benzene rings is 1. The lowest BCUT2D eigenvalue weighted by Crippen LogP contribution is -2.36. The van der Waals surface area contributed by atoms with Crippen molar-refractivity contribution >= 4 is 23.1 Å². The average Bonchev–Trinajstić information content (AvgIpc) is 3.52. The Morgan fingerprint density at radius 3 is 2.56 bits per heavy atom. The lowest BCUT2D eigenvalue weighted by atomic mass is 10.2. The highest BCUT2D eigenvalue weighted by atomic mass is 16.5. The molecule has 4 rings (SSSR count). The van der Waals surface area contributed by atoms with Crippen molar-refractivity contribution < 1.29 is 16.1 Å². The summed E-state index contributed by atoms with van der Waals surface area (Å²) >= 11 is 0. The minimum atomic E-state index is -0.306. The summed E-state index contributed by atoms with van der Waals surface area (Å²) in [5.41, 5.74) is 2.51. The number of urea groups is 1. The number of ether oxygens (including phenoxy) is 1. The van der Waals surface area contributed by atoms with Gasteiger partial charge in [0.25, 0.3) is 0 Å². The molecule has 8 nitrogen and oxygen atoms in total. The van der Waals surface area contributed by atoms with Gasteiger partial charge in [-0.3, -0.25) is 0 Å². The summed E-state index contributed by atoms with van der Waals surface area (Å²) in [7, 11) is 2.13. The van der Waals surface area contributed by atoms with Crippen LogP contribution in [0, 0.1) is 0 Å². The van der Waals surface area contributed by atoms with E-state index in [2.05, 4.69) is 32.5 Å². The number of nitrogens with zero attached hydrogens (tertiary/aromatic N) is 3. The summed E-state index contributed by atoms with van der Waals surface area (Å²) in [5, 5.41) is 15.2. The lowest BCUT2D eigenvalue weighted by molar-refractivity contribution is 0.153. The van der Waals surface area contributed by atoms with E-state index < -0.39 is 0 Å². The zero-order valence-electron chi connectivity index (χ0n) is 20.2. The Bertz CT molecular complexity index is 920. The van der Waals surface area contributed by atoms with Crippen LogP contribution in [0.15, 0.2) is 42.6 Å². The number of amides is 2. The predicted octanol–water partition coefficient (Wildman–Crippen LogP) is 4.57. The number of hydrogen-bond acceptors (Lipinski definition) is 6. The zero-order chi connectivity index (χ0) is 23.9. The van der Waals surface area contributed by atoms with E-state index in [1.165, 1.54) is 12.8 Å². The number of rotatable bonds is 9. The van der Waals surface area contributed by atoms with Gasteiger partial charge in [0.2, 0.25) is 5.88 Å². The van der Waals surface area contributed by atoms with Gasteiger partial charge in [-0.1, -0.05) is 0 Å². The molecule has 0 spiro atoms. The first-order valence-corrected chi connectivity index (χ1v) is 12.4. The fourth-order valence-corrected chi connectivity index (χ4v) is 4.66. The van der Waals surface area contributed by atoms with Crippen LogP contribution in [-0.2, 0) is 0 Å². The molecule has 2 amide bonds. The van der Waals surface area contributed by atoms with Crippen molar-refractivity contribution in [3.63, 3.8) is 0 Å². The fraction of sp³-hybridized carbons (Fsp3) is 0.538. The van der Waals surface area contributed by atoms with E-state index in [4.69, 9.17) is 4.74 Å². The Kier molecular flexibility index (Phi) is 8.24. The van der Waals surface area contributed by atoms with Gasteiger partial charge in [0.05, 0.1) is 18.0 Å². The second kappa shape index (κ2) is 11.5. The van der Waals surface area contributed by atoms with E-state index in [1.807, 2.05) is 37.3 Å². The molecule has 1 aliphatic heterocycles.